The van der Waals surface area contributed by atoms with Crippen LogP contribution in [-0.4, -0.2) is 32.1 Å². The van der Waals surface area contributed by atoms with Gasteiger partial charge in [0.1, 0.15) is 17.2 Å². The Balaban J connectivity index is 2.18. The third-order valence-corrected chi connectivity index (χ3v) is 4.96. The van der Waals surface area contributed by atoms with Crippen molar-refractivity contribution in [3.63, 3.8) is 0 Å². The monoisotopic (exact) mass is 506 g/mol. The molecule has 13 heteroatoms. The molecule has 1 heterocycles. The highest BCUT2D eigenvalue weighted by Gasteiger charge is 2.33. The van der Waals surface area contributed by atoms with Gasteiger partial charge >= 0.3 is 6.18 Å². The molecule has 0 radical (unpaired) electrons. The number of carbonyl (C=O) groups excluding carboxylic acids is 1. The highest BCUT2D eigenvalue weighted by Crippen LogP contribution is 2.30. The number of aromatic nitrogens is 1. The van der Waals surface area contributed by atoms with Crippen molar-refractivity contribution in [1.29, 1.82) is 0 Å². The fourth-order valence-electron chi connectivity index (χ4n) is 2.78. The summed E-state index contributed by atoms with van der Waals surface area (Å²) in [6, 6.07) is 2.82. The summed E-state index contributed by atoms with van der Waals surface area (Å²) in [6.07, 6.45) is -0.957. The highest BCUT2D eigenvalue weighted by atomic mass is 32.2. The lowest BCUT2D eigenvalue weighted by atomic mass is 10.1. The predicted octanol–water partition coefficient (Wildman–Crippen LogP) is 4.46. The molecule has 3 N–H and O–H groups in total. The summed E-state index contributed by atoms with van der Waals surface area (Å²) in [5.74, 6) is -3.07. The number of sulfonamides is 1. The van der Waals surface area contributed by atoms with E-state index < -0.39 is 51.2 Å². The third-order valence-electron chi connectivity index (χ3n) is 4.38. The van der Waals surface area contributed by atoms with E-state index in [1.807, 2.05) is 6.92 Å². The molecule has 2 rings (SSSR count). The van der Waals surface area contributed by atoms with Gasteiger partial charge in [-0.05, 0) is 49.2 Å². The summed E-state index contributed by atoms with van der Waals surface area (Å²) < 4.78 is 91.4. The molecule has 1 aromatic carbocycles. The van der Waals surface area contributed by atoms with E-state index in [0.717, 1.165) is 30.5 Å². The number of hydrogen-bond donors (Lipinski definition) is 3. The number of amides is 1. The maximum atomic E-state index is 14.2. The van der Waals surface area contributed by atoms with Crippen LogP contribution in [0.15, 0.2) is 30.3 Å². The summed E-state index contributed by atoms with van der Waals surface area (Å²) in [5, 5.41) is 5.24. The van der Waals surface area contributed by atoms with Gasteiger partial charge in [-0.2, -0.15) is 13.2 Å². The number of anilines is 2. The van der Waals surface area contributed by atoms with Crippen LogP contribution in [0.5, 0.6) is 0 Å². The summed E-state index contributed by atoms with van der Waals surface area (Å²) in [6.45, 7) is 3.62. The van der Waals surface area contributed by atoms with Crippen molar-refractivity contribution in [2.24, 2.45) is 0 Å². The number of halogens is 5. The van der Waals surface area contributed by atoms with Gasteiger partial charge < -0.3 is 10.6 Å². The van der Waals surface area contributed by atoms with Crippen LogP contribution in [0.2, 0.25) is 0 Å². The maximum Gasteiger partial charge on any atom is 0.433 e. The molecule has 1 atom stereocenters. The fourth-order valence-corrected chi connectivity index (χ4v) is 3.35. The summed E-state index contributed by atoms with van der Waals surface area (Å²) in [5.41, 5.74) is -1.67. The average molecular weight is 506 g/mol. The molecule has 0 spiro atoms. The highest BCUT2D eigenvalue weighted by molar-refractivity contribution is 7.92. The molecule has 34 heavy (non-hydrogen) atoms. The van der Waals surface area contributed by atoms with E-state index >= 15 is 0 Å². The minimum Gasteiger partial charge on any atom is -0.370 e. The minimum atomic E-state index is -4.63. The Bertz CT molecular complexity index is 1160. The molecule has 1 amide bonds. The lowest BCUT2D eigenvalue weighted by molar-refractivity contribution is -0.141. The second-order valence-electron chi connectivity index (χ2n) is 7.36. The summed E-state index contributed by atoms with van der Waals surface area (Å²) in [4.78, 5) is 15.8. The lowest BCUT2D eigenvalue weighted by Crippen LogP contribution is -2.25. The van der Waals surface area contributed by atoms with E-state index in [0.29, 0.717) is 13.0 Å². The van der Waals surface area contributed by atoms with Crippen molar-refractivity contribution in [2.75, 3.05) is 22.8 Å². The first-order valence-corrected chi connectivity index (χ1v) is 11.9. The number of benzene rings is 1. The lowest BCUT2D eigenvalue weighted by Gasteiger charge is -2.15. The number of nitrogens with zero attached hydrogens (tertiary/aromatic N) is 1. The van der Waals surface area contributed by atoms with Gasteiger partial charge in [0.25, 0.3) is 0 Å². The third kappa shape index (κ3) is 7.68. The van der Waals surface area contributed by atoms with Crippen molar-refractivity contribution in [2.45, 2.75) is 32.5 Å². The number of alkyl halides is 3. The van der Waals surface area contributed by atoms with Gasteiger partial charge in [0.15, 0.2) is 11.6 Å². The Labute approximate surface area is 193 Å². The minimum absolute atomic E-state index is 0.0253. The van der Waals surface area contributed by atoms with Gasteiger partial charge in [-0.25, -0.2) is 22.2 Å². The van der Waals surface area contributed by atoms with Crippen molar-refractivity contribution >= 4 is 33.5 Å². The van der Waals surface area contributed by atoms with Gasteiger partial charge in [-0.15, -0.1) is 0 Å². The topological polar surface area (TPSA) is 100 Å². The molecule has 0 aliphatic heterocycles. The van der Waals surface area contributed by atoms with Gasteiger partial charge in [-0.1, -0.05) is 6.92 Å². The van der Waals surface area contributed by atoms with E-state index in [4.69, 9.17) is 0 Å². The first-order chi connectivity index (χ1) is 15.7. The predicted molar refractivity (Wildman–Crippen MR) is 118 cm³/mol. The van der Waals surface area contributed by atoms with E-state index in [1.54, 1.807) is 4.72 Å². The molecule has 0 unspecified atom stereocenters. The fraction of sp³-hybridized carbons (Fsp3) is 0.333. The van der Waals surface area contributed by atoms with Crippen LogP contribution < -0.4 is 15.4 Å². The van der Waals surface area contributed by atoms with E-state index in [9.17, 15) is 35.2 Å². The van der Waals surface area contributed by atoms with Crippen LogP contribution in [-0.2, 0) is 21.0 Å². The van der Waals surface area contributed by atoms with Gasteiger partial charge in [-0.3, -0.25) is 9.52 Å². The Morgan fingerprint density at radius 3 is 2.32 bits per heavy atom. The van der Waals surface area contributed by atoms with E-state index in [2.05, 4.69) is 15.6 Å². The normalized spacial score (nSPS) is 13.1. The standard InChI is InChI=1S/C21H23F5N4O3S/c1-4-9-27-20-13(5-7-17(29-20)21(24,25)26)6-8-18(31)28-12(2)14-10-15(22)19(16(23)11-14)30-34(3,32)33/h5-8,10-12,30H,4,9H2,1-3H3,(H,27,29)(H,28,31)/t12-/m1/s1. The van der Waals surface area contributed by atoms with Crippen molar-refractivity contribution in [1.82, 2.24) is 10.3 Å². The zero-order valence-electron chi connectivity index (χ0n) is 18.4. The molecular formula is C21H23F5N4O3S. The number of hydrogen-bond acceptors (Lipinski definition) is 5. The number of pyridine rings is 1. The van der Waals surface area contributed by atoms with Crippen molar-refractivity contribution in [3.8, 4) is 0 Å². The summed E-state index contributed by atoms with van der Waals surface area (Å²) >= 11 is 0. The molecule has 7 nitrogen and oxygen atoms in total. The molecular weight excluding hydrogens is 483 g/mol. The van der Waals surface area contributed by atoms with Crippen LogP contribution >= 0.6 is 0 Å². The Kier molecular flexibility index (Phi) is 8.59. The van der Waals surface area contributed by atoms with Gasteiger partial charge in [0, 0.05) is 18.2 Å². The zero-order chi connectivity index (χ0) is 25.7. The molecule has 0 fully saturated rings. The van der Waals surface area contributed by atoms with Crippen LogP contribution in [0.1, 0.15) is 43.1 Å². The molecule has 1 aromatic heterocycles. The van der Waals surface area contributed by atoms with Crippen LogP contribution in [0.4, 0.5) is 33.5 Å². The smallest absolute Gasteiger partial charge is 0.370 e. The summed E-state index contributed by atoms with van der Waals surface area (Å²) in [7, 11) is -3.91. The largest absolute Gasteiger partial charge is 0.433 e. The quantitative estimate of drug-likeness (QED) is 0.345. The molecule has 186 valence electrons. The molecule has 0 saturated carbocycles. The van der Waals surface area contributed by atoms with E-state index in [1.165, 1.54) is 19.1 Å². The van der Waals surface area contributed by atoms with Crippen molar-refractivity contribution in [3.05, 3.63) is 58.8 Å². The number of nitrogens with one attached hydrogen (secondary N) is 3. The molecule has 0 aliphatic carbocycles. The Morgan fingerprint density at radius 2 is 1.79 bits per heavy atom. The second kappa shape index (κ2) is 10.8. The van der Waals surface area contributed by atoms with Crippen LogP contribution in [0.3, 0.4) is 0 Å². The SMILES string of the molecule is CCCNc1nc(C(F)(F)F)ccc1C=CC(=O)N[C@H](C)c1cc(F)c(NS(C)(=O)=O)c(F)c1. The molecule has 0 aliphatic rings. The van der Waals surface area contributed by atoms with Gasteiger partial charge in [0.05, 0.1) is 12.3 Å². The Morgan fingerprint density at radius 1 is 1.18 bits per heavy atom. The molecule has 2 aromatic rings. The first-order valence-electron chi connectivity index (χ1n) is 9.98. The first kappa shape index (κ1) is 27.0. The van der Waals surface area contributed by atoms with Gasteiger partial charge in [0.2, 0.25) is 15.9 Å². The van der Waals surface area contributed by atoms with Crippen LogP contribution in [0.25, 0.3) is 6.08 Å². The van der Waals surface area contributed by atoms with Crippen molar-refractivity contribution < 1.29 is 35.2 Å². The number of carbonyl (C=O) groups is 1. The average Bonchev–Trinajstić information content (AvgIpc) is 2.72. The van der Waals surface area contributed by atoms with Crippen LogP contribution in [0, 0.1) is 11.6 Å². The van der Waals surface area contributed by atoms with E-state index in [-0.39, 0.29) is 16.9 Å². The number of rotatable bonds is 9. The second-order valence-corrected chi connectivity index (χ2v) is 9.10. The molecule has 0 saturated heterocycles. The Hall–Kier alpha value is -3.22. The maximum absolute atomic E-state index is 14.2. The molecule has 0 bridgehead atoms. The zero-order valence-corrected chi connectivity index (χ0v) is 19.2.